The van der Waals surface area contributed by atoms with Crippen molar-refractivity contribution in [1.29, 1.82) is 0 Å². The number of rotatable bonds is 3. The van der Waals surface area contributed by atoms with Crippen LogP contribution >= 0.6 is 0 Å². The van der Waals surface area contributed by atoms with E-state index in [1.807, 2.05) is 18.7 Å². The maximum Gasteiger partial charge on any atom is 0.132 e. The molecule has 0 atom stereocenters. The van der Waals surface area contributed by atoms with Gasteiger partial charge in [0, 0.05) is 12.7 Å². The molecule has 0 aliphatic heterocycles. The maximum absolute atomic E-state index is 5.90. The molecule has 1 aromatic heterocycles. The Bertz CT molecular complexity index is 527. The molecule has 1 aromatic carbocycles. The highest BCUT2D eigenvalue weighted by Crippen LogP contribution is 2.25. The summed E-state index contributed by atoms with van der Waals surface area (Å²) in [6.07, 6.45) is 0. The summed E-state index contributed by atoms with van der Waals surface area (Å²) >= 11 is 0. The number of aryl methyl sites for hydroxylation is 5. The molecule has 3 nitrogen and oxygen atoms in total. The summed E-state index contributed by atoms with van der Waals surface area (Å²) in [4.78, 5) is 0. The van der Waals surface area contributed by atoms with Crippen LogP contribution in [0.1, 0.15) is 28.1 Å². The van der Waals surface area contributed by atoms with Crippen LogP contribution in [-0.4, -0.2) is 9.78 Å². The normalized spacial score (nSPS) is 10.7. The van der Waals surface area contributed by atoms with E-state index in [1.165, 1.54) is 16.7 Å². The minimum atomic E-state index is 0.520. The van der Waals surface area contributed by atoms with E-state index in [9.17, 15) is 0 Å². The van der Waals surface area contributed by atoms with E-state index in [4.69, 9.17) is 4.74 Å². The minimum Gasteiger partial charge on any atom is -0.487 e. The van der Waals surface area contributed by atoms with Crippen molar-refractivity contribution in [3.8, 4) is 5.75 Å². The fourth-order valence-corrected chi connectivity index (χ4v) is 2.25. The quantitative estimate of drug-likeness (QED) is 0.828. The molecule has 0 amide bonds. The fraction of sp³-hybridized carbons (Fsp3) is 0.400. The highest BCUT2D eigenvalue weighted by molar-refractivity contribution is 5.43. The van der Waals surface area contributed by atoms with Gasteiger partial charge in [0.2, 0.25) is 0 Å². The van der Waals surface area contributed by atoms with Crippen molar-refractivity contribution < 1.29 is 4.74 Å². The van der Waals surface area contributed by atoms with Crippen LogP contribution in [0.4, 0.5) is 0 Å². The number of hydrogen-bond acceptors (Lipinski definition) is 2. The predicted molar refractivity (Wildman–Crippen MR) is 72.9 cm³/mol. The molecule has 0 radical (unpaired) electrons. The van der Waals surface area contributed by atoms with Crippen LogP contribution in [0.5, 0.6) is 5.75 Å². The van der Waals surface area contributed by atoms with Gasteiger partial charge >= 0.3 is 0 Å². The molecule has 18 heavy (non-hydrogen) atoms. The largest absolute Gasteiger partial charge is 0.487 e. The Hall–Kier alpha value is -1.77. The molecule has 0 aliphatic rings. The molecule has 1 heterocycles. The summed E-state index contributed by atoms with van der Waals surface area (Å²) in [5.74, 6) is 0.976. The van der Waals surface area contributed by atoms with E-state index in [2.05, 4.69) is 44.1 Å². The van der Waals surface area contributed by atoms with Gasteiger partial charge in [-0.25, -0.2) is 0 Å². The Morgan fingerprint density at radius 3 is 2.17 bits per heavy atom. The molecule has 0 fully saturated rings. The molecule has 2 rings (SSSR count). The Kier molecular flexibility index (Phi) is 3.41. The van der Waals surface area contributed by atoms with Gasteiger partial charge in [0.25, 0.3) is 0 Å². The minimum absolute atomic E-state index is 0.520. The zero-order valence-electron chi connectivity index (χ0n) is 11.7. The summed E-state index contributed by atoms with van der Waals surface area (Å²) in [6, 6.07) is 6.34. The zero-order valence-corrected chi connectivity index (χ0v) is 11.7. The summed E-state index contributed by atoms with van der Waals surface area (Å²) in [6.45, 7) is 8.83. The van der Waals surface area contributed by atoms with Crippen LogP contribution in [0, 0.1) is 27.7 Å². The zero-order chi connectivity index (χ0) is 13.3. The second-order valence-electron chi connectivity index (χ2n) is 4.92. The number of aromatic nitrogens is 2. The van der Waals surface area contributed by atoms with Crippen molar-refractivity contribution in [2.45, 2.75) is 34.3 Å². The molecular formula is C15H20N2O. The van der Waals surface area contributed by atoms with Gasteiger partial charge in [-0.2, -0.15) is 5.10 Å². The Balaban J connectivity index is 2.15. The Morgan fingerprint density at radius 1 is 1.06 bits per heavy atom. The van der Waals surface area contributed by atoms with Crippen molar-refractivity contribution >= 4 is 0 Å². The maximum atomic E-state index is 5.90. The highest BCUT2D eigenvalue weighted by Gasteiger charge is 2.07. The van der Waals surface area contributed by atoms with Gasteiger partial charge in [-0.3, -0.25) is 4.68 Å². The van der Waals surface area contributed by atoms with Crippen molar-refractivity contribution in [3.63, 3.8) is 0 Å². The summed E-state index contributed by atoms with van der Waals surface area (Å²) < 4.78 is 7.77. The topological polar surface area (TPSA) is 27.1 Å². The number of benzene rings is 1. The Labute approximate surface area is 108 Å². The number of ether oxygens (including phenoxy) is 1. The standard InChI is InChI=1S/C15H20N2O/c1-10-6-11(2)15(12(3)7-10)18-9-14-8-13(4)17(5)16-14/h6-8H,9H2,1-5H3. The first-order valence-electron chi connectivity index (χ1n) is 6.17. The molecular weight excluding hydrogens is 224 g/mol. The van der Waals surface area contributed by atoms with Crippen molar-refractivity contribution in [3.05, 3.63) is 46.3 Å². The molecule has 0 aliphatic carbocycles. The third-order valence-corrected chi connectivity index (χ3v) is 3.13. The van der Waals surface area contributed by atoms with Crippen LogP contribution < -0.4 is 4.74 Å². The third-order valence-electron chi connectivity index (χ3n) is 3.13. The monoisotopic (exact) mass is 244 g/mol. The smallest absolute Gasteiger partial charge is 0.132 e. The lowest BCUT2D eigenvalue weighted by Gasteiger charge is -2.12. The average molecular weight is 244 g/mol. The number of hydrogen-bond donors (Lipinski definition) is 0. The molecule has 0 N–H and O–H groups in total. The Morgan fingerprint density at radius 2 is 1.67 bits per heavy atom. The first-order valence-corrected chi connectivity index (χ1v) is 6.17. The highest BCUT2D eigenvalue weighted by atomic mass is 16.5. The van der Waals surface area contributed by atoms with E-state index in [0.717, 1.165) is 17.1 Å². The van der Waals surface area contributed by atoms with E-state index in [-0.39, 0.29) is 0 Å². The van der Waals surface area contributed by atoms with Gasteiger partial charge in [-0.1, -0.05) is 17.7 Å². The van der Waals surface area contributed by atoms with Gasteiger partial charge in [0.15, 0.2) is 0 Å². The predicted octanol–water partition coefficient (Wildman–Crippen LogP) is 3.23. The molecule has 0 spiro atoms. The molecule has 3 heteroatoms. The average Bonchev–Trinajstić information content (AvgIpc) is 2.56. The van der Waals surface area contributed by atoms with Crippen LogP contribution in [0.2, 0.25) is 0 Å². The van der Waals surface area contributed by atoms with Gasteiger partial charge < -0.3 is 4.74 Å². The van der Waals surface area contributed by atoms with Crippen molar-refractivity contribution in [2.75, 3.05) is 0 Å². The van der Waals surface area contributed by atoms with Gasteiger partial charge in [-0.15, -0.1) is 0 Å². The third kappa shape index (κ3) is 2.55. The second-order valence-corrected chi connectivity index (χ2v) is 4.92. The van der Waals surface area contributed by atoms with Crippen LogP contribution in [0.25, 0.3) is 0 Å². The SMILES string of the molecule is Cc1cc(C)c(OCc2cc(C)n(C)n2)c(C)c1. The fourth-order valence-electron chi connectivity index (χ4n) is 2.25. The van der Waals surface area contributed by atoms with Gasteiger partial charge in [0.1, 0.15) is 18.1 Å². The lowest BCUT2D eigenvalue weighted by atomic mass is 10.1. The van der Waals surface area contributed by atoms with Crippen molar-refractivity contribution in [2.24, 2.45) is 7.05 Å². The second kappa shape index (κ2) is 4.84. The molecule has 0 unspecified atom stereocenters. The lowest BCUT2D eigenvalue weighted by molar-refractivity contribution is 0.296. The van der Waals surface area contributed by atoms with E-state index in [1.54, 1.807) is 0 Å². The molecule has 2 aromatic rings. The van der Waals surface area contributed by atoms with E-state index < -0.39 is 0 Å². The van der Waals surface area contributed by atoms with Gasteiger partial charge in [0.05, 0.1) is 0 Å². The van der Waals surface area contributed by atoms with Gasteiger partial charge in [-0.05, 0) is 44.9 Å². The van der Waals surface area contributed by atoms with Crippen molar-refractivity contribution in [1.82, 2.24) is 9.78 Å². The van der Waals surface area contributed by atoms with E-state index >= 15 is 0 Å². The molecule has 0 bridgehead atoms. The number of nitrogens with zero attached hydrogens (tertiary/aromatic N) is 2. The summed E-state index contributed by atoms with van der Waals surface area (Å²) in [5.41, 5.74) is 5.74. The first kappa shape index (κ1) is 12.7. The first-order chi connectivity index (χ1) is 8.47. The molecule has 0 saturated heterocycles. The lowest BCUT2D eigenvalue weighted by Crippen LogP contribution is -2.01. The molecule has 0 saturated carbocycles. The van der Waals surface area contributed by atoms with Crippen LogP contribution in [-0.2, 0) is 13.7 Å². The van der Waals surface area contributed by atoms with Crippen LogP contribution in [0.3, 0.4) is 0 Å². The summed E-state index contributed by atoms with van der Waals surface area (Å²) in [5, 5.41) is 4.39. The summed E-state index contributed by atoms with van der Waals surface area (Å²) in [7, 11) is 1.95. The van der Waals surface area contributed by atoms with Crippen LogP contribution in [0.15, 0.2) is 18.2 Å². The molecule has 96 valence electrons. The van der Waals surface area contributed by atoms with E-state index in [0.29, 0.717) is 6.61 Å².